The average Bonchev–Trinajstić information content (AvgIpc) is 2.44. The van der Waals surface area contributed by atoms with Gasteiger partial charge in [0, 0.05) is 24.8 Å². The largest absolute Gasteiger partial charge is 0.449 e. The monoisotopic (exact) mass is 291 g/mol. The van der Waals surface area contributed by atoms with Gasteiger partial charge in [-0.15, -0.1) is 0 Å². The number of ether oxygens (including phenoxy) is 1. The van der Waals surface area contributed by atoms with Gasteiger partial charge in [-0.05, 0) is 31.9 Å². The first-order valence-electron chi connectivity index (χ1n) is 7.12. The van der Waals surface area contributed by atoms with Crippen LogP contribution in [-0.4, -0.2) is 41.1 Å². The Hall–Kier alpha value is -2.24. The van der Waals surface area contributed by atoms with Crippen molar-refractivity contribution in [3.8, 4) is 0 Å². The molecule has 1 aliphatic rings. The van der Waals surface area contributed by atoms with Crippen molar-refractivity contribution in [3.05, 3.63) is 29.8 Å². The molecular formula is C15H21N3O3. The van der Waals surface area contributed by atoms with Gasteiger partial charge in [-0.3, -0.25) is 0 Å². The first-order chi connectivity index (χ1) is 10.0. The molecule has 0 bridgehead atoms. The predicted molar refractivity (Wildman–Crippen MR) is 79.6 cm³/mol. The molecule has 1 aliphatic heterocycles. The first-order valence-corrected chi connectivity index (χ1v) is 7.12. The van der Waals surface area contributed by atoms with E-state index >= 15 is 0 Å². The van der Waals surface area contributed by atoms with Crippen LogP contribution in [0.4, 0.5) is 15.3 Å². The Kier molecular flexibility index (Phi) is 4.67. The van der Waals surface area contributed by atoms with Crippen molar-refractivity contribution in [2.45, 2.75) is 32.9 Å². The Morgan fingerprint density at radius 3 is 2.81 bits per heavy atom. The quantitative estimate of drug-likeness (QED) is 0.868. The van der Waals surface area contributed by atoms with Crippen LogP contribution >= 0.6 is 0 Å². The maximum absolute atomic E-state index is 12.5. The number of nitrogens with zero attached hydrogens (tertiary/aromatic N) is 2. The summed E-state index contributed by atoms with van der Waals surface area (Å²) in [5.41, 5.74) is 7.43. The van der Waals surface area contributed by atoms with Crippen molar-refractivity contribution in [3.63, 3.8) is 0 Å². The number of hydrogen-bond acceptors (Lipinski definition) is 4. The van der Waals surface area contributed by atoms with Crippen molar-refractivity contribution < 1.29 is 14.3 Å². The standard InChI is InChI=1S/C15H21N3O3/c1-3-21-15(20)18-11(2)8-9-17(14(18)19)10-12-6-4-5-7-13(12)16/h4-7,11H,3,8-10,16H2,1-2H3. The maximum atomic E-state index is 12.5. The van der Waals surface area contributed by atoms with Gasteiger partial charge in [-0.1, -0.05) is 18.2 Å². The molecule has 1 unspecified atom stereocenters. The summed E-state index contributed by atoms with van der Waals surface area (Å²) in [7, 11) is 0. The minimum absolute atomic E-state index is 0.152. The number of hydrogen-bond donors (Lipinski definition) is 1. The summed E-state index contributed by atoms with van der Waals surface area (Å²) in [6.07, 6.45) is 0.137. The highest BCUT2D eigenvalue weighted by Gasteiger charge is 2.36. The van der Waals surface area contributed by atoms with Gasteiger partial charge in [0.2, 0.25) is 0 Å². The molecule has 6 nitrogen and oxygen atoms in total. The number of benzene rings is 1. The molecule has 0 saturated carbocycles. The van der Waals surface area contributed by atoms with Crippen molar-refractivity contribution in [1.29, 1.82) is 0 Å². The van der Waals surface area contributed by atoms with Gasteiger partial charge in [0.15, 0.2) is 0 Å². The third-order valence-electron chi connectivity index (χ3n) is 3.61. The Morgan fingerprint density at radius 2 is 2.14 bits per heavy atom. The molecular weight excluding hydrogens is 270 g/mol. The highest BCUT2D eigenvalue weighted by molar-refractivity contribution is 5.92. The molecule has 1 heterocycles. The summed E-state index contributed by atoms with van der Waals surface area (Å²) in [6, 6.07) is 6.94. The van der Waals surface area contributed by atoms with E-state index in [9.17, 15) is 9.59 Å². The van der Waals surface area contributed by atoms with Crippen molar-refractivity contribution in [1.82, 2.24) is 9.80 Å². The number of carbonyl (C=O) groups is 2. The van der Waals surface area contributed by atoms with Crippen LogP contribution in [-0.2, 0) is 11.3 Å². The lowest BCUT2D eigenvalue weighted by atomic mass is 10.1. The van der Waals surface area contributed by atoms with Gasteiger partial charge in [-0.2, -0.15) is 0 Å². The molecule has 2 rings (SSSR count). The SMILES string of the molecule is CCOC(=O)N1C(=O)N(Cc2ccccc2N)CCC1C. The number of para-hydroxylation sites is 1. The normalized spacial score (nSPS) is 18.8. The molecule has 1 fully saturated rings. The number of urea groups is 1. The minimum Gasteiger partial charge on any atom is -0.449 e. The maximum Gasteiger partial charge on any atom is 0.418 e. The lowest BCUT2D eigenvalue weighted by molar-refractivity contribution is 0.0711. The number of imide groups is 1. The van der Waals surface area contributed by atoms with Crippen molar-refractivity contribution in [2.24, 2.45) is 0 Å². The van der Waals surface area contributed by atoms with Crippen LogP contribution in [0.1, 0.15) is 25.8 Å². The molecule has 3 amide bonds. The van der Waals surface area contributed by atoms with E-state index < -0.39 is 6.09 Å². The molecule has 2 N–H and O–H groups in total. The minimum atomic E-state index is -0.583. The highest BCUT2D eigenvalue weighted by atomic mass is 16.6. The van der Waals surface area contributed by atoms with Crippen LogP contribution < -0.4 is 5.73 Å². The summed E-state index contributed by atoms with van der Waals surface area (Å²) in [4.78, 5) is 27.2. The molecule has 6 heteroatoms. The van der Waals surface area contributed by atoms with Gasteiger partial charge in [0.05, 0.1) is 6.61 Å². The smallest absolute Gasteiger partial charge is 0.418 e. The Balaban J connectivity index is 2.13. The molecule has 0 spiro atoms. The second-order valence-corrected chi connectivity index (χ2v) is 5.11. The number of anilines is 1. The zero-order chi connectivity index (χ0) is 15.4. The third kappa shape index (κ3) is 3.26. The number of carbonyl (C=O) groups excluding carboxylic acids is 2. The van der Waals surface area contributed by atoms with Crippen LogP contribution in [0.15, 0.2) is 24.3 Å². The van der Waals surface area contributed by atoms with Crippen molar-refractivity contribution >= 4 is 17.8 Å². The number of amides is 3. The summed E-state index contributed by atoms with van der Waals surface area (Å²) >= 11 is 0. The number of nitrogens with two attached hydrogens (primary N) is 1. The van der Waals surface area contributed by atoms with Gasteiger partial charge in [0.1, 0.15) is 0 Å². The van der Waals surface area contributed by atoms with E-state index in [4.69, 9.17) is 10.5 Å². The second kappa shape index (κ2) is 6.47. The molecule has 0 aromatic heterocycles. The van der Waals surface area contributed by atoms with E-state index in [-0.39, 0.29) is 18.7 Å². The highest BCUT2D eigenvalue weighted by Crippen LogP contribution is 2.21. The fourth-order valence-electron chi connectivity index (χ4n) is 2.39. The second-order valence-electron chi connectivity index (χ2n) is 5.11. The third-order valence-corrected chi connectivity index (χ3v) is 3.61. The van der Waals surface area contributed by atoms with Crippen LogP contribution in [0, 0.1) is 0 Å². The van der Waals surface area contributed by atoms with Crippen LogP contribution in [0.2, 0.25) is 0 Å². The van der Waals surface area contributed by atoms with E-state index in [1.165, 1.54) is 4.90 Å². The summed E-state index contributed by atoms with van der Waals surface area (Å²) in [6.45, 7) is 4.82. The van der Waals surface area contributed by atoms with E-state index in [1.807, 2.05) is 25.1 Å². The fourth-order valence-corrected chi connectivity index (χ4v) is 2.39. The van der Waals surface area contributed by atoms with Gasteiger partial charge >= 0.3 is 12.1 Å². The van der Waals surface area contributed by atoms with E-state index in [0.29, 0.717) is 18.8 Å². The van der Waals surface area contributed by atoms with E-state index in [1.54, 1.807) is 17.9 Å². The summed E-state index contributed by atoms with van der Waals surface area (Å²) in [5.74, 6) is 0. The van der Waals surface area contributed by atoms with Crippen LogP contribution in [0.3, 0.4) is 0 Å². The van der Waals surface area contributed by atoms with Gasteiger partial charge in [0.25, 0.3) is 0 Å². The van der Waals surface area contributed by atoms with Crippen LogP contribution in [0.5, 0.6) is 0 Å². The number of rotatable bonds is 3. The summed E-state index contributed by atoms with van der Waals surface area (Å²) < 4.78 is 4.96. The zero-order valence-corrected chi connectivity index (χ0v) is 12.4. The fraction of sp³-hybridized carbons (Fsp3) is 0.467. The Bertz CT molecular complexity index is 533. The molecule has 1 aromatic rings. The lowest BCUT2D eigenvalue weighted by Gasteiger charge is -2.38. The predicted octanol–water partition coefficient (Wildman–Crippen LogP) is 2.44. The van der Waals surface area contributed by atoms with Crippen molar-refractivity contribution in [2.75, 3.05) is 18.9 Å². The van der Waals surface area contributed by atoms with Gasteiger partial charge in [-0.25, -0.2) is 14.5 Å². The molecule has 1 aromatic carbocycles. The average molecular weight is 291 g/mol. The Morgan fingerprint density at radius 1 is 1.43 bits per heavy atom. The van der Waals surface area contributed by atoms with E-state index in [2.05, 4.69) is 0 Å². The molecule has 1 atom stereocenters. The molecule has 1 saturated heterocycles. The lowest BCUT2D eigenvalue weighted by Crippen LogP contribution is -2.55. The number of nitrogen functional groups attached to an aromatic ring is 1. The zero-order valence-electron chi connectivity index (χ0n) is 12.4. The first kappa shape index (κ1) is 15.2. The van der Waals surface area contributed by atoms with Gasteiger partial charge < -0.3 is 15.4 Å². The molecule has 0 aliphatic carbocycles. The molecule has 21 heavy (non-hydrogen) atoms. The molecule has 0 radical (unpaired) electrons. The Labute approximate surface area is 124 Å². The summed E-state index contributed by atoms with van der Waals surface area (Å²) in [5, 5.41) is 0. The van der Waals surface area contributed by atoms with Crippen LogP contribution in [0.25, 0.3) is 0 Å². The topological polar surface area (TPSA) is 75.9 Å². The molecule has 114 valence electrons. The van der Waals surface area contributed by atoms with E-state index in [0.717, 1.165) is 12.0 Å².